The molecule has 114 valence electrons. The van der Waals surface area contributed by atoms with Crippen LogP contribution in [0.2, 0.25) is 0 Å². The molecule has 0 aromatic carbocycles. The molecule has 1 aliphatic heterocycles. The Morgan fingerprint density at radius 2 is 2.05 bits per heavy atom. The summed E-state index contributed by atoms with van der Waals surface area (Å²) in [6.07, 6.45) is 4.40. The number of carbonyl (C=O) groups is 2. The van der Waals surface area contributed by atoms with Crippen molar-refractivity contribution in [3.63, 3.8) is 0 Å². The average molecular weight is 291 g/mol. The second kappa shape index (κ2) is 4.64. The zero-order valence-electron chi connectivity index (χ0n) is 12.8. The van der Waals surface area contributed by atoms with Crippen LogP contribution in [0.1, 0.15) is 56.9 Å². The number of hydrogen-bond donors (Lipinski definition) is 0. The molecule has 1 aliphatic carbocycles. The predicted molar refractivity (Wildman–Crippen MR) is 74.6 cm³/mol. The maximum absolute atomic E-state index is 12.5. The first-order valence-electron chi connectivity index (χ1n) is 7.47. The van der Waals surface area contributed by atoms with E-state index in [4.69, 9.17) is 4.74 Å². The van der Waals surface area contributed by atoms with Crippen LogP contribution < -0.4 is 0 Å². The van der Waals surface area contributed by atoms with Crippen LogP contribution >= 0.6 is 0 Å². The highest BCUT2D eigenvalue weighted by molar-refractivity contribution is 6.00. The minimum absolute atomic E-state index is 0.0892. The lowest BCUT2D eigenvalue weighted by Crippen LogP contribution is -2.37. The van der Waals surface area contributed by atoms with Gasteiger partial charge in [0.05, 0.1) is 24.1 Å². The van der Waals surface area contributed by atoms with Crippen LogP contribution in [0.25, 0.3) is 0 Å². The Morgan fingerprint density at radius 1 is 1.38 bits per heavy atom. The molecule has 0 radical (unpaired) electrons. The van der Waals surface area contributed by atoms with E-state index >= 15 is 0 Å². The summed E-state index contributed by atoms with van der Waals surface area (Å²) in [5, 5.41) is 7.73. The van der Waals surface area contributed by atoms with Gasteiger partial charge in [-0.25, -0.2) is 4.68 Å². The highest BCUT2D eigenvalue weighted by atomic mass is 16.6. The van der Waals surface area contributed by atoms with Gasteiger partial charge in [-0.3, -0.25) is 9.59 Å². The molecule has 21 heavy (non-hydrogen) atoms. The van der Waals surface area contributed by atoms with Crippen LogP contribution in [0.5, 0.6) is 0 Å². The number of rotatable bonds is 1. The number of carbonyl (C=O) groups excluding carboxylic acids is 2. The summed E-state index contributed by atoms with van der Waals surface area (Å²) in [6, 6.07) is 0. The van der Waals surface area contributed by atoms with E-state index in [2.05, 4.69) is 10.3 Å². The number of fused-ring (bicyclic) bond motifs is 1. The standard InChI is InChI=1S/C15H21N3O3/c1-14(2,3)21-13(20)10-4-6-15(7-5-10)9-18-11(12(15)19)8-16-17-18/h8,10H,4-7,9H2,1-3H3. The monoisotopic (exact) mass is 291 g/mol. The number of Topliss-reactive ketones (excluding diaryl/α,β-unsaturated/α-hetero) is 1. The summed E-state index contributed by atoms with van der Waals surface area (Å²) in [4.78, 5) is 24.7. The Labute approximate surface area is 123 Å². The first-order valence-corrected chi connectivity index (χ1v) is 7.47. The van der Waals surface area contributed by atoms with Crippen molar-refractivity contribution in [2.24, 2.45) is 11.3 Å². The quantitative estimate of drug-likeness (QED) is 0.740. The SMILES string of the molecule is CC(C)(C)OC(=O)C1CCC2(CC1)Cn1nncc1C2=O. The highest BCUT2D eigenvalue weighted by Crippen LogP contribution is 2.46. The molecule has 2 aliphatic rings. The second-order valence-corrected chi connectivity index (χ2v) is 7.19. The molecule has 1 aromatic heterocycles. The third-order valence-electron chi connectivity index (χ3n) is 4.47. The number of ether oxygens (including phenoxy) is 1. The van der Waals surface area contributed by atoms with Gasteiger partial charge in [0.1, 0.15) is 11.3 Å². The van der Waals surface area contributed by atoms with E-state index in [0.29, 0.717) is 25.1 Å². The molecule has 0 atom stereocenters. The second-order valence-electron chi connectivity index (χ2n) is 7.19. The third-order valence-corrected chi connectivity index (χ3v) is 4.47. The van der Waals surface area contributed by atoms with E-state index in [9.17, 15) is 9.59 Å². The third kappa shape index (κ3) is 2.47. The van der Waals surface area contributed by atoms with Gasteiger partial charge in [0.25, 0.3) is 0 Å². The molecule has 0 bridgehead atoms. The number of aromatic nitrogens is 3. The van der Waals surface area contributed by atoms with Crippen molar-refractivity contribution in [1.29, 1.82) is 0 Å². The maximum Gasteiger partial charge on any atom is 0.309 e. The summed E-state index contributed by atoms with van der Waals surface area (Å²) in [7, 11) is 0. The summed E-state index contributed by atoms with van der Waals surface area (Å²) >= 11 is 0. The van der Waals surface area contributed by atoms with Gasteiger partial charge in [0.15, 0.2) is 5.78 Å². The molecular formula is C15H21N3O3. The van der Waals surface area contributed by atoms with Crippen molar-refractivity contribution >= 4 is 11.8 Å². The molecule has 0 saturated heterocycles. The number of nitrogens with zero attached hydrogens (tertiary/aromatic N) is 3. The van der Waals surface area contributed by atoms with Gasteiger partial charge in [-0.2, -0.15) is 0 Å². The zero-order valence-corrected chi connectivity index (χ0v) is 12.8. The molecule has 3 rings (SSSR count). The number of ketones is 1. The van der Waals surface area contributed by atoms with E-state index in [-0.39, 0.29) is 23.1 Å². The Kier molecular flexibility index (Phi) is 3.15. The van der Waals surface area contributed by atoms with Crippen molar-refractivity contribution in [1.82, 2.24) is 15.0 Å². The summed E-state index contributed by atoms with van der Waals surface area (Å²) in [6.45, 7) is 6.23. The maximum atomic E-state index is 12.5. The van der Waals surface area contributed by atoms with E-state index in [0.717, 1.165) is 12.8 Å². The predicted octanol–water partition coefficient (Wildman–Crippen LogP) is 1.99. The lowest BCUT2D eigenvalue weighted by Gasteiger charge is -2.35. The van der Waals surface area contributed by atoms with Crippen LogP contribution in [0.15, 0.2) is 6.20 Å². The first kappa shape index (κ1) is 14.2. The van der Waals surface area contributed by atoms with Crippen molar-refractivity contribution in [2.75, 3.05) is 0 Å². The van der Waals surface area contributed by atoms with Crippen molar-refractivity contribution in [2.45, 2.75) is 58.6 Å². The molecule has 0 amide bonds. The number of esters is 1. The summed E-state index contributed by atoms with van der Waals surface area (Å²) < 4.78 is 7.14. The lowest BCUT2D eigenvalue weighted by atomic mass is 9.69. The fourth-order valence-electron chi connectivity index (χ4n) is 3.36. The molecule has 6 nitrogen and oxygen atoms in total. The fourth-order valence-corrected chi connectivity index (χ4v) is 3.36. The van der Waals surface area contributed by atoms with E-state index < -0.39 is 5.60 Å². The van der Waals surface area contributed by atoms with E-state index in [1.807, 2.05) is 20.8 Å². The molecule has 1 spiro atoms. The average Bonchev–Trinajstić information content (AvgIpc) is 2.92. The van der Waals surface area contributed by atoms with Crippen LogP contribution in [0, 0.1) is 11.3 Å². The molecular weight excluding hydrogens is 270 g/mol. The number of hydrogen-bond acceptors (Lipinski definition) is 5. The zero-order chi connectivity index (χ0) is 15.3. The van der Waals surface area contributed by atoms with Gasteiger partial charge in [0, 0.05) is 0 Å². The van der Waals surface area contributed by atoms with E-state index in [1.54, 1.807) is 4.68 Å². The van der Waals surface area contributed by atoms with Crippen molar-refractivity contribution in [3.05, 3.63) is 11.9 Å². The minimum atomic E-state index is -0.455. The normalized spacial score (nSPS) is 28.7. The molecule has 1 saturated carbocycles. The fraction of sp³-hybridized carbons (Fsp3) is 0.733. The van der Waals surface area contributed by atoms with Gasteiger partial charge in [-0.15, -0.1) is 5.10 Å². The highest BCUT2D eigenvalue weighted by Gasteiger charge is 2.49. The Hall–Kier alpha value is -1.72. The van der Waals surface area contributed by atoms with Gasteiger partial charge in [-0.05, 0) is 46.5 Å². The van der Waals surface area contributed by atoms with Crippen LogP contribution in [-0.4, -0.2) is 32.3 Å². The van der Waals surface area contributed by atoms with Crippen LogP contribution in [0.4, 0.5) is 0 Å². The van der Waals surface area contributed by atoms with Gasteiger partial charge in [0.2, 0.25) is 0 Å². The Bertz CT molecular complexity index is 577. The van der Waals surface area contributed by atoms with Crippen LogP contribution in [-0.2, 0) is 16.1 Å². The van der Waals surface area contributed by atoms with Gasteiger partial charge < -0.3 is 4.74 Å². The van der Waals surface area contributed by atoms with Crippen molar-refractivity contribution < 1.29 is 14.3 Å². The van der Waals surface area contributed by atoms with Gasteiger partial charge in [-0.1, -0.05) is 5.21 Å². The van der Waals surface area contributed by atoms with Crippen molar-refractivity contribution in [3.8, 4) is 0 Å². The molecule has 0 unspecified atom stereocenters. The molecule has 2 heterocycles. The summed E-state index contributed by atoms with van der Waals surface area (Å²) in [5.74, 6) is -0.0916. The van der Waals surface area contributed by atoms with Gasteiger partial charge >= 0.3 is 5.97 Å². The topological polar surface area (TPSA) is 74.1 Å². The smallest absolute Gasteiger partial charge is 0.309 e. The largest absolute Gasteiger partial charge is 0.460 e. The Morgan fingerprint density at radius 3 is 2.62 bits per heavy atom. The lowest BCUT2D eigenvalue weighted by molar-refractivity contribution is -0.161. The molecule has 1 fully saturated rings. The first-order chi connectivity index (χ1) is 9.81. The van der Waals surface area contributed by atoms with E-state index in [1.165, 1.54) is 6.20 Å². The van der Waals surface area contributed by atoms with Crippen LogP contribution in [0.3, 0.4) is 0 Å². The minimum Gasteiger partial charge on any atom is -0.460 e. The summed E-state index contributed by atoms with van der Waals surface area (Å²) in [5.41, 5.74) is -0.224. The Balaban J connectivity index is 1.65. The molecule has 1 aromatic rings. The molecule has 6 heteroatoms. The molecule has 0 N–H and O–H groups in total.